The SMILES string of the molecule is CN1CCN(c2cc(C(=O)NCc3ccc(F)cc3)ncn2)CC1. The standard InChI is InChI=1S/C17H20FN5O/c1-22-6-8-23(9-7-22)16-10-15(20-12-21-16)17(24)19-11-13-2-4-14(18)5-3-13/h2-5,10,12H,6-9,11H2,1H3,(H,19,24). The number of halogens is 1. The van der Waals surface area contributed by atoms with Gasteiger partial charge >= 0.3 is 0 Å². The summed E-state index contributed by atoms with van der Waals surface area (Å²) in [6.07, 6.45) is 1.42. The highest BCUT2D eigenvalue weighted by atomic mass is 19.1. The molecule has 0 spiro atoms. The van der Waals surface area contributed by atoms with Gasteiger partial charge in [0.25, 0.3) is 5.91 Å². The van der Waals surface area contributed by atoms with Gasteiger partial charge in [-0.15, -0.1) is 0 Å². The molecule has 2 heterocycles. The Labute approximate surface area is 140 Å². The number of hydrogen-bond donors (Lipinski definition) is 1. The van der Waals surface area contributed by atoms with E-state index in [0.29, 0.717) is 12.2 Å². The Hall–Kier alpha value is -2.54. The summed E-state index contributed by atoms with van der Waals surface area (Å²) < 4.78 is 12.9. The number of hydrogen-bond acceptors (Lipinski definition) is 5. The molecule has 3 rings (SSSR count). The molecule has 1 N–H and O–H groups in total. The third kappa shape index (κ3) is 4.05. The second-order valence-electron chi connectivity index (χ2n) is 5.86. The molecule has 1 aliphatic heterocycles. The smallest absolute Gasteiger partial charge is 0.270 e. The van der Waals surface area contributed by atoms with Crippen LogP contribution in [0.15, 0.2) is 36.7 Å². The van der Waals surface area contributed by atoms with E-state index in [1.165, 1.54) is 18.5 Å². The first kappa shape index (κ1) is 16.3. The van der Waals surface area contributed by atoms with Crippen LogP contribution >= 0.6 is 0 Å². The Kier molecular flexibility index (Phi) is 5.00. The van der Waals surface area contributed by atoms with Gasteiger partial charge in [0.2, 0.25) is 0 Å². The number of benzene rings is 1. The third-order valence-corrected chi connectivity index (χ3v) is 4.08. The van der Waals surface area contributed by atoms with Gasteiger partial charge in [0.15, 0.2) is 0 Å². The highest BCUT2D eigenvalue weighted by Gasteiger charge is 2.17. The molecular formula is C17H20FN5O. The number of amides is 1. The summed E-state index contributed by atoms with van der Waals surface area (Å²) in [7, 11) is 2.09. The van der Waals surface area contributed by atoms with E-state index >= 15 is 0 Å². The first-order chi connectivity index (χ1) is 11.6. The number of aromatic nitrogens is 2. The van der Waals surface area contributed by atoms with Crippen molar-refractivity contribution in [3.63, 3.8) is 0 Å². The molecule has 0 radical (unpaired) electrons. The minimum absolute atomic E-state index is 0.267. The largest absolute Gasteiger partial charge is 0.354 e. The van der Waals surface area contributed by atoms with Gasteiger partial charge in [-0.05, 0) is 24.7 Å². The fraction of sp³-hybridized carbons (Fsp3) is 0.353. The van der Waals surface area contributed by atoms with E-state index in [-0.39, 0.29) is 11.7 Å². The van der Waals surface area contributed by atoms with Gasteiger partial charge in [-0.3, -0.25) is 4.79 Å². The molecule has 7 heteroatoms. The van der Waals surface area contributed by atoms with Gasteiger partial charge in [-0.25, -0.2) is 14.4 Å². The van der Waals surface area contributed by atoms with Gasteiger partial charge in [0, 0.05) is 38.8 Å². The van der Waals surface area contributed by atoms with Crippen LogP contribution in [0.25, 0.3) is 0 Å². The molecule has 2 aromatic rings. The molecule has 1 fully saturated rings. The summed E-state index contributed by atoms with van der Waals surface area (Å²) in [6.45, 7) is 4.02. The van der Waals surface area contributed by atoms with E-state index in [9.17, 15) is 9.18 Å². The summed E-state index contributed by atoms with van der Waals surface area (Å²) >= 11 is 0. The van der Waals surface area contributed by atoms with Crippen molar-refractivity contribution < 1.29 is 9.18 Å². The average molecular weight is 329 g/mol. The van der Waals surface area contributed by atoms with Crippen LogP contribution in [0.2, 0.25) is 0 Å². The molecule has 1 aromatic heterocycles. The lowest BCUT2D eigenvalue weighted by Crippen LogP contribution is -2.44. The second kappa shape index (κ2) is 7.35. The second-order valence-corrected chi connectivity index (χ2v) is 5.86. The van der Waals surface area contributed by atoms with E-state index in [2.05, 4.69) is 32.1 Å². The molecule has 1 saturated heterocycles. The van der Waals surface area contributed by atoms with Gasteiger partial charge in [-0.2, -0.15) is 0 Å². The Morgan fingerprint density at radius 2 is 1.88 bits per heavy atom. The van der Waals surface area contributed by atoms with Crippen LogP contribution in [-0.2, 0) is 6.54 Å². The van der Waals surface area contributed by atoms with Gasteiger partial charge in [0.05, 0.1) is 0 Å². The van der Waals surface area contributed by atoms with Crippen molar-refractivity contribution in [2.75, 3.05) is 38.1 Å². The number of rotatable bonds is 4. The molecule has 24 heavy (non-hydrogen) atoms. The molecule has 1 aromatic carbocycles. The predicted molar refractivity (Wildman–Crippen MR) is 89.3 cm³/mol. The first-order valence-corrected chi connectivity index (χ1v) is 7.90. The lowest BCUT2D eigenvalue weighted by atomic mass is 10.2. The Balaban J connectivity index is 1.62. The average Bonchev–Trinajstić information content (AvgIpc) is 2.62. The molecule has 1 amide bonds. The van der Waals surface area contributed by atoms with E-state index in [0.717, 1.165) is 37.6 Å². The zero-order valence-corrected chi connectivity index (χ0v) is 13.6. The third-order valence-electron chi connectivity index (χ3n) is 4.08. The van der Waals surface area contributed by atoms with Crippen LogP contribution in [0.5, 0.6) is 0 Å². The number of nitrogens with one attached hydrogen (secondary N) is 1. The summed E-state index contributed by atoms with van der Waals surface area (Å²) in [5.74, 6) is 0.208. The van der Waals surface area contributed by atoms with Crippen molar-refractivity contribution in [1.82, 2.24) is 20.2 Å². The molecule has 0 aliphatic carbocycles. The Bertz CT molecular complexity index is 698. The zero-order valence-electron chi connectivity index (χ0n) is 13.6. The van der Waals surface area contributed by atoms with Crippen molar-refractivity contribution in [3.8, 4) is 0 Å². The van der Waals surface area contributed by atoms with Crippen molar-refractivity contribution in [3.05, 3.63) is 53.7 Å². The van der Waals surface area contributed by atoms with Crippen LogP contribution in [0, 0.1) is 5.82 Å². The summed E-state index contributed by atoms with van der Waals surface area (Å²) in [4.78, 5) is 25.0. The van der Waals surface area contributed by atoms with E-state index in [1.54, 1.807) is 18.2 Å². The van der Waals surface area contributed by atoms with Crippen LogP contribution in [0.4, 0.5) is 10.2 Å². The first-order valence-electron chi connectivity index (χ1n) is 7.90. The lowest BCUT2D eigenvalue weighted by molar-refractivity contribution is 0.0945. The fourth-order valence-corrected chi connectivity index (χ4v) is 2.55. The molecule has 0 bridgehead atoms. The Morgan fingerprint density at radius 3 is 2.58 bits per heavy atom. The number of anilines is 1. The van der Waals surface area contributed by atoms with Gasteiger partial charge in [-0.1, -0.05) is 12.1 Å². The normalized spacial score (nSPS) is 15.3. The zero-order chi connectivity index (χ0) is 16.9. The number of likely N-dealkylation sites (N-methyl/N-ethyl adjacent to an activating group) is 1. The van der Waals surface area contributed by atoms with Crippen molar-refractivity contribution in [2.24, 2.45) is 0 Å². The van der Waals surface area contributed by atoms with Crippen molar-refractivity contribution >= 4 is 11.7 Å². The van der Waals surface area contributed by atoms with Gasteiger partial charge in [0.1, 0.15) is 23.7 Å². The maximum atomic E-state index is 12.9. The number of piperazine rings is 1. The van der Waals surface area contributed by atoms with Crippen LogP contribution in [-0.4, -0.2) is 54.0 Å². The molecular weight excluding hydrogens is 309 g/mol. The van der Waals surface area contributed by atoms with Crippen LogP contribution in [0.1, 0.15) is 16.1 Å². The van der Waals surface area contributed by atoms with E-state index < -0.39 is 0 Å². The van der Waals surface area contributed by atoms with Gasteiger partial charge < -0.3 is 15.1 Å². The van der Waals surface area contributed by atoms with E-state index in [1.807, 2.05) is 0 Å². The number of carbonyl (C=O) groups is 1. The highest BCUT2D eigenvalue weighted by molar-refractivity contribution is 5.92. The molecule has 0 unspecified atom stereocenters. The lowest BCUT2D eigenvalue weighted by Gasteiger charge is -2.33. The maximum absolute atomic E-state index is 12.9. The quantitative estimate of drug-likeness (QED) is 0.916. The molecule has 1 aliphatic rings. The minimum Gasteiger partial charge on any atom is -0.354 e. The molecule has 6 nitrogen and oxygen atoms in total. The minimum atomic E-state index is -0.294. The molecule has 0 saturated carbocycles. The predicted octanol–water partition coefficient (Wildman–Crippen LogP) is 1.30. The fourth-order valence-electron chi connectivity index (χ4n) is 2.55. The Morgan fingerprint density at radius 1 is 1.17 bits per heavy atom. The highest BCUT2D eigenvalue weighted by Crippen LogP contribution is 2.13. The maximum Gasteiger partial charge on any atom is 0.270 e. The summed E-state index contributed by atoms with van der Waals surface area (Å²) in [6, 6.07) is 7.75. The van der Waals surface area contributed by atoms with Crippen LogP contribution < -0.4 is 10.2 Å². The topological polar surface area (TPSA) is 61.4 Å². The molecule has 126 valence electrons. The molecule has 0 atom stereocenters. The van der Waals surface area contributed by atoms with Crippen LogP contribution in [0.3, 0.4) is 0 Å². The van der Waals surface area contributed by atoms with Crippen molar-refractivity contribution in [2.45, 2.75) is 6.54 Å². The summed E-state index contributed by atoms with van der Waals surface area (Å²) in [5, 5.41) is 2.79. The van der Waals surface area contributed by atoms with Crippen molar-refractivity contribution in [1.29, 1.82) is 0 Å². The monoisotopic (exact) mass is 329 g/mol. The summed E-state index contributed by atoms with van der Waals surface area (Å²) in [5.41, 5.74) is 1.17. The number of carbonyl (C=O) groups excluding carboxylic acids is 1. The van der Waals surface area contributed by atoms with E-state index in [4.69, 9.17) is 0 Å². The number of nitrogens with zero attached hydrogens (tertiary/aromatic N) is 4.